The fraction of sp³-hybridized carbons (Fsp3) is 0.435. The number of amides is 1. The van der Waals surface area contributed by atoms with E-state index in [0.717, 1.165) is 29.6 Å². The molecule has 0 aliphatic heterocycles. The zero-order valence-corrected chi connectivity index (χ0v) is 18.5. The molecule has 1 aromatic carbocycles. The standard InChI is InChI=1S/C23H27ClFN5O/c1-3-30-22-18(13-27-30)21(29-16-7-5-4-6-8-16)19(12-26-22)23(31)28-14(2)17-10-9-15(24)11-20(17)25/h9-14,16H,3-8H2,1-2H3,(H,26,29)(H,28,31). The molecule has 2 heterocycles. The molecule has 31 heavy (non-hydrogen) atoms. The number of hydrogen-bond donors (Lipinski definition) is 2. The second kappa shape index (κ2) is 9.22. The fourth-order valence-electron chi connectivity index (χ4n) is 4.24. The Kier molecular flexibility index (Phi) is 6.41. The van der Waals surface area contributed by atoms with Gasteiger partial charge in [0.25, 0.3) is 5.91 Å². The van der Waals surface area contributed by atoms with Crippen LogP contribution in [0.2, 0.25) is 5.02 Å². The van der Waals surface area contributed by atoms with Gasteiger partial charge in [0.05, 0.1) is 28.9 Å². The van der Waals surface area contributed by atoms with Crippen LogP contribution in [-0.2, 0) is 6.54 Å². The lowest BCUT2D eigenvalue weighted by Gasteiger charge is -2.25. The third-order valence-corrected chi connectivity index (χ3v) is 6.18. The van der Waals surface area contributed by atoms with Gasteiger partial charge < -0.3 is 10.6 Å². The molecule has 1 amide bonds. The van der Waals surface area contributed by atoms with Crippen molar-refractivity contribution in [2.75, 3.05) is 5.32 Å². The third-order valence-electron chi connectivity index (χ3n) is 5.94. The average molecular weight is 444 g/mol. The molecule has 3 aromatic rings. The van der Waals surface area contributed by atoms with Crippen LogP contribution in [0.15, 0.2) is 30.6 Å². The molecule has 164 valence electrons. The molecule has 0 saturated heterocycles. The van der Waals surface area contributed by atoms with E-state index in [1.165, 1.54) is 25.3 Å². The molecule has 6 nitrogen and oxygen atoms in total. The lowest BCUT2D eigenvalue weighted by Crippen LogP contribution is -2.30. The van der Waals surface area contributed by atoms with Crippen molar-refractivity contribution in [3.05, 3.63) is 52.6 Å². The molecule has 1 atom stereocenters. The molecule has 8 heteroatoms. The maximum absolute atomic E-state index is 14.3. The normalized spacial score (nSPS) is 15.7. The summed E-state index contributed by atoms with van der Waals surface area (Å²) in [5, 5.41) is 12.1. The summed E-state index contributed by atoms with van der Waals surface area (Å²) in [5.41, 5.74) is 2.31. The van der Waals surface area contributed by atoms with E-state index in [1.54, 1.807) is 31.5 Å². The summed E-state index contributed by atoms with van der Waals surface area (Å²) in [7, 11) is 0. The van der Waals surface area contributed by atoms with Gasteiger partial charge in [0, 0.05) is 29.4 Å². The number of carbonyl (C=O) groups is 1. The Morgan fingerprint density at radius 1 is 1.29 bits per heavy atom. The number of fused-ring (bicyclic) bond motifs is 1. The van der Waals surface area contributed by atoms with Gasteiger partial charge in [0.15, 0.2) is 5.65 Å². The van der Waals surface area contributed by atoms with Gasteiger partial charge in [0.2, 0.25) is 0 Å². The molecule has 0 radical (unpaired) electrons. The van der Waals surface area contributed by atoms with E-state index in [2.05, 4.69) is 20.7 Å². The number of hydrogen-bond acceptors (Lipinski definition) is 4. The molecule has 2 aromatic heterocycles. The van der Waals surface area contributed by atoms with Crippen LogP contribution >= 0.6 is 11.6 Å². The quantitative estimate of drug-likeness (QED) is 0.529. The number of halogens is 2. The molecule has 1 saturated carbocycles. The lowest BCUT2D eigenvalue weighted by atomic mass is 9.95. The van der Waals surface area contributed by atoms with Crippen molar-refractivity contribution in [2.24, 2.45) is 0 Å². The number of nitrogens with one attached hydrogen (secondary N) is 2. The maximum atomic E-state index is 14.3. The van der Waals surface area contributed by atoms with E-state index < -0.39 is 11.9 Å². The number of benzene rings is 1. The van der Waals surface area contributed by atoms with Crippen molar-refractivity contribution in [3.63, 3.8) is 0 Å². The highest BCUT2D eigenvalue weighted by Gasteiger charge is 2.23. The molecule has 0 bridgehead atoms. The largest absolute Gasteiger partial charge is 0.381 e. The van der Waals surface area contributed by atoms with Crippen molar-refractivity contribution >= 4 is 34.2 Å². The van der Waals surface area contributed by atoms with Crippen LogP contribution in [0.5, 0.6) is 0 Å². The molecule has 1 aliphatic rings. The van der Waals surface area contributed by atoms with Gasteiger partial charge in [-0.2, -0.15) is 5.10 Å². The summed E-state index contributed by atoms with van der Waals surface area (Å²) in [6.45, 7) is 4.45. The van der Waals surface area contributed by atoms with Gasteiger partial charge in [-0.25, -0.2) is 14.1 Å². The van der Waals surface area contributed by atoms with Crippen molar-refractivity contribution < 1.29 is 9.18 Å². The Balaban J connectivity index is 1.66. The lowest BCUT2D eigenvalue weighted by molar-refractivity contribution is 0.0940. The van der Waals surface area contributed by atoms with Crippen molar-refractivity contribution in [1.82, 2.24) is 20.1 Å². The predicted molar refractivity (Wildman–Crippen MR) is 121 cm³/mol. The van der Waals surface area contributed by atoms with Crippen molar-refractivity contribution in [2.45, 2.75) is 64.6 Å². The van der Waals surface area contributed by atoms with E-state index in [-0.39, 0.29) is 5.91 Å². The Bertz CT molecular complexity index is 1090. The molecule has 1 unspecified atom stereocenters. The smallest absolute Gasteiger partial charge is 0.255 e. The minimum absolute atomic E-state index is 0.307. The summed E-state index contributed by atoms with van der Waals surface area (Å²) >= 11 is 5.85. The van der Waals surface area contributed by atoms with Crippen molar-refractivity contribution in [3.8, 4) is 0 Å². The zero-order valence-electron chi connectivity index (χ0n) is 17.8. The first kappa shape index (κ1) is 21.6. The van der Waals surface area contributed by atoms with Crippen LogP contribution < -0.4 is 10.6 Å². The molecular weight excluding hydrogens is 417 g/mol. The van der Waals surface area contributed by atoms with E-state index in [1.807, 2.05) is 11.6 Å². The minimum atomic E-state index is -0.527. The first-order chi connectivity index (χ1) is 15.0. The van der Waals surface area contributed by atoms with Crippen LogP contribution in [0.3, 0.4) is 0 Å². The first-order valence-corrected chi connectivity index (χ1v) is 11.2. The summed E-state index contributed by atoms with van der Waals surface area (Å²) < 4.78 is 16.1. The van der Waals surface area contributed by atoms with Gasteiger partial charge in [-0.1, -0.05) is 36.9 Å². The SMILES string of the molecule is CCn1ncc2c(NC3CCCCC3)c(C(=O)NC(C)c3ccc(Cl)cc3F)cnc21. The van der Waals surface area contributed by atoms with Gasteiger partial charge in [-0.15, -0.1) is 0 Å². The number of nitrogens with zero attached hydrogens (tertiary/aromatic N) is 3. The molecule has 0 spiro atoms. The number of rotatable bonds is 6. The second-order valence-electron chi connectivity index (χ2n) is 8.08. The van der Waals surface area contributed by atoms with Gasteiger partial charge in [0.1, 0.15) is 5.82 Å². The number of aromatic nitrogens is 3. The van der Waals surface area contributed by atoms with E-state index in [9.17, 15) is 9.18 Å². The highest BCUT2D eigenvalue weighted by atomic mass is 35.5. The van der Waals surface area contributed by atoms with Crippen LogP contribution in [-0.4, -0.2) is 26.7 Å². The van der Waals surface area contributed by atoms with E-state index in [0.29, 0.717) is 28.7 Å². The number of pyridine rings is 1. The number of carbonyl (C=O) groups excluding carboxylic acids is 1. The van der Waals surface area contributed by atoms with E-state index >= 15 is 0 Å². The fourth-order valence-corrected chi connectivity index (χ4v) is 4.40. The zero-order chi connectivity index (χ0) is 22.0. The van der Waals surface area contributed by atoms with Crippen LogP contribution in [0.1, 0.15) is 67.9 Å². The van der Waals surface area contributed by atoms with E-state index in [4.69, 9.17) is 11.6 Å². The summed E-state index contributed by atoms with van der Waals surface area (Å²) in [4.78, 5) is 17.7. The van der Waals surface area contributed by atoms with Crippen LogP contribution in [0.25, 0.3) is 11.0 Å². The third kappa shape index (κ3) is 4.51. The Morgan fingerprint density at radius 2 is 2.06 bits per heavy atom. The monoisotopic (exact) mass is 443 g/mol. The Hall–Kier alpha value is -2.67. The number of aryl methyl sites for hydroxylation is 1. The van der Waals surface area contributed by atoms with Gasteiger partial charge in [-0.3, -0.25) is 4.79 Å². The minimum Gasteiger partial charge on any atom is -0.381 e. The van der Waals surface area contributed by atoms with Gasteiger partial charge >= 0.3 is 0 Å². The summed E-state index contributed by atoms with van der Waals surface area (Å²) in [5.74, 6) is -0.752. The molecule has 1 fully saturated rings. The Morgan fingerprint density at radius 3 is 2.77 bits per heavy atom. The molecule has 2 N–H and O–H groups in total. The highest BCUT2D eigenvalue weighted by Crippen LogP contribution is 2.30. The molecule has 1 aliphatic carbocycles. The predicted octanol–water partition coefficient (Wildman–Crippen LogP) is 5.48. The van der Waals surface area contributed by atoms with Crippen molar-refractivity contribution in [1.29, 1.82) is 0 Å². The highest BCUT2D eigenvalue weighted by molar-refractivity contribution is 6.30. The summed E-state index contributed by atoms with van der Waals surface area (Å²) in [6, 6.07) is 4.24. The number of anilines is 1. The van der Waals surface area contributed by atoms with Gasteiger partial charge in [-0.05, 0) is 38.8 Å². The Labute approximate surface area is 186 Å². The molecule has 4 rings (SSSR count). The molecular formula is C23H27ClFN5O. The second-order valence-corrected chi connectivity index (χ2v) is 8.52. The first-order valence-electron chi connectivity index (χ1n) is 10.8. The maximum Gasteiger partial charge on any atom is 0.255 e. The van der Waals surface area contributed by atoms with Crippen LogP contribution in [0, 0.1) is 5.82 Å². The summed E-state index contributed by atoms with van der Waals surface area (Å²) in [6.07, 6.45) is 9.08. The topological polar surface area (TPSA) is 71.8 Å². The average Bonchev–Trinajstić information content (AvgIpc) is 3.18. The van der Waals surface area contributed by atoms with Crippen LogP contribution in [0.4, 0.5) is 10.1 Å².